The van der Waals surface area contributed by atoms with Crippen LogP contribution in [0.1, 0.15) is 10.4 Å². The molecule has 0 saturated carbocycles. The zero-order valence-electron chi connectivity index (χ0n) is 15.3. The molecule has 1 saturated heterocycles. The molecule has 0 aliphatic carbocycles. The Balaban J connectivity index is 1.81. The van der Waals surface area contributed by atoms with E-state index < -0.39 is 4.92 Å². The molecule has 7 nitrogen and oxygen atoms in total. The maximum Gasteiger partial charge on any atom is 0.284 e. The molecule has 3 rings (SSSR count). The number of carbonyl (C=O) groups excluding carboxylic acids is 1. The molecular weight excluding hydrogens is 366 g/mol. The van der Waals surface area contributed by atoms with E-state index >= 15 is 0 Å². The Morgan fingerprint density at radius 3 is 2.44 bits per heavy atom. The van der Waals surface area contributed by atoms with Gasteiger partial charge in [0.2, 0.25) is 0 Å². The van der Waals surface area contributed by atoms with Crippen LogP contribution in [0.25, 0.3) is 0 Å². The van der Waals surface area contributed by atoms with Gasteiger partial charge in [-0.05, 0) is 36.4 Å². The lowest BCUT2D eigenvalue weighted by Gasteiger charge is -2.30. The fourth-order valence-corrected chi connectivity index (χ4v) is 3.82. The van der Waals surface area contributed by atoms with E-state index in [0.717, 1.165) is 23.7 Å². The summed E-state index contributed by atoms with van der Waals surface area (Å²) in [5.41, 5.74) is 0.307. The molecule has 1 N–H and O–H groups in total. The van der Waals surface area contributed by atoms with Crippen LogP contribution in [0, 0.1) is 10.1 Å². The number of amides is 1. The Morgan fingerprint density at radius 1 is 1.19 bits per heavy atom. The molecule has 1 aliphatic rings. The van der Waals surface area contributed by atoms with E-state index in [1.54, 1.807) is 36.3 Å². The van der Waals surface area contributed by atoms with Gasteiger partial charge in [-0.2, -0.15) is 0 Å². The summed E-state index contributed by atoms with van der Waals surface area (Å²) in [5.74, 6) is 0.579. The SMILES string of the molecule is COc1ccc(Sc2ccc(C(=O)N3CC[NH+](C)CC3)cc2[N+](=O)[O-])cc1. The molecule has 8 heteroatoms. The van der Waals surface area contributed by atoms with Gasteiger partial charge in [-0.15, -0.1) is 0 Å². The predicted molar refractivity (Wildman–Crippen MR) is 103 cm³/mol. The van der Waals surface area contributed by atoms with Gasteiger partial charge < -0.3 is 14.5 Å². The smallest absolute Gasteiger partial charge is 0.284 e. The molecule has 0 bridgehead atoms. The highest BCUT2D eigenvalue weighted by Crippen LogP contribution is 2.36. The van der Waals surface area contributed by atoms with E-state index in [0.29, 0.717) is 23.5 Å². The number of nitro benzene ring substituents is 1. The molecule has 0 atom stereocenters. The van der Waals surface area contributed by atoms with Gasteiger partial charge in [-0.1, -0.05) is 11.8 Å². The normalized spacial score (nSPS) is 14.8. The van der Waals surface area contributed by atoms with E-state index in [2.05, 4.69) is 7.05 Å². The second kappa shape index (κ2) is 8.41. The summed E-state index contributed by atoms with van der Waals surface area (Å²) in [6, 6.07) is 12.0. The largest absolute Gasteiger partial charge is 0.497 e. The van der Waals surface area contributed by atoms with Gasteiger partial charge in [0.05, 0.1) is 50.2 Å². The molecule has 0 aromatic heterocycles. The van der Waals surface area contributed by atoms with Crippen LogP contribution < -0.4 is 9.64 Å². The highest BCUT2D eigenvalue weighted by atomic mass is 32.2. The third-order valence-corrected chi connectivity index (χ3v) is 5.67. The maximum atomic E-state index is 12.7. The number of nitro groups is 1. The van der Waals surface area contributed by atoms with Crippen molar-refractivity contribution in [3.8, 4) is 5.75 Å². The number of likely N-dealkylation sites (N-methyl/N-ethyl adjacent to an activating group) is 1. The third kappa shape index (κ3) is 4.58. The number of carbonyl (C=O) groups is 1. The molecule has 27 heavy (non-hydrogen) atoms. The first-order chi connectivity index (χ1) is 13.0. The summed E-state index contributed by atoms with van der Waals surface area (Å²) in [5, 5.41) is 11.6. The van der Waals surface area contributed by atoms with Crippen molar-refractivity contribution < 1.29 is 19.4 Å². The summed E-state index contributed by atoms with van der Waals surface area (Å²) < 4.78 is 5.13. The van der Waals surface area contributed by atoms with Gasteiger partial charge >= 0.3 is 0 Å². The standard InChI is InChI=1S/C19H21N3O4S/c1-20-9-11-21(12-10-20)19(23)14-3-8-18(17(13-14)22(24)25)27-16-6-4-15(26-2)5-7-16/h3-8,13H,9-12H2,1-2H3/p+1. The Labute approximate surface area is 162 Å². The summed E-state index contributed by atoms with van der Waals surface area (Å²) in [4.78, 5) is 28.3. The first kappa shape index (κ1) is 19.2. The average molecular weight is 388 g/mol. The van der Waals surface area contributed by atoms with Crippen molar-refractivity contribution in [2.75, 3.05) is 40.3 Å². The van der Waals surface area contributed by atoms with Crippen molar-refractivity contribution in [3.05, 3.63) is 58.1 Å². The van der Waals surface area contributed by atoms with E-state index in [-0.39, 0.29) is 11.6 Å². The number of nitrogens with zero attached hydrogens (tertiary/aromatic N) is 2. The second-order valence-electron chi connectivity index (χ2n) is 6.47. The number of hydrogen-bond donors (Lipinski definition) is 1. The summed E-state index contributed by atoms with van der Waals surface area (Å²) in [7, 11) is 3.68. The van der Waals surface area contributed by atoms with Crippen LogP contribution in [0.2, 0.25) is 0 Å². The van der Waals surface area contributed by atoms with Crippen molar-refractivity contribution in [3.63, 3.8) is 0 Å². The van der Waals surface area contributed by atoms with E-state index in [4.69, 9.17) is 4.74 Å². The zero-order chi connectivity index (χ0) is 19.4. The number of rotatable bonds is 5. The highest BCUT2D eigenvalue weighted by Gasteiger charge is 2.25. The molecule has 1 heterocycles. The van der Waals surface area contributed by atoms with Crippen LogP contribution in [0.15, 0.2) is 52.3 Å². The number of nitrogens with one attached hydrogen (secondary N) is 1. The van der Waals surface area contributed by atoms with Gasteiger partial charge in [0.25, 0.3) is 11.6 Å². The summed E-state index contributed by atoms with van der Waals surface area (Å²) in [6.07, 6.45) is 0. The Bertz CT molecular complexity index is 833. The maximum absolute atomic E-state index is 12.7. The fraction of sp³-hybridized carbons (Fsp3) is 0.316. The minimum Gasteiger partial charge on any atom is -0.497 e. The van der Waals surface area contributed by atoms with Crippen molar-refractivity contribution >= 4 is 23.4 Å². The minimum absolute atomic E-state index is 0.0542. The van der Waals surface area contributed by atoms with Gasteiger partial charge in [-0.25, -0.2) is 0 Å². The molecule has 1 fully saturated rings. The van der Waals surface area contributed by atoms with Crippen LogP contribution in [0.4, 0.5) is 5.69 Å². The van der Waals surface area contributed by atoms with Gasteiger partial charge in [0.1, 0.15) is 5.75 Å². The number of quaternary nitrogens is 1. The first-order valence-electron chi connectivity index (χ1n) is 8.69. The Morgan fingerprint density at radius 2 is 1.85 bits per heavy atom. The van der Waals surface area contributed by atoms with Gasteiger partial charge in [0, 0.05) is 16.5 Å². The molecule has 142 valence electrons. The number of methoxy groups -OCH3 is 1. The van der Waals surface area contributed by atoms with Crippen molar-refractivity contribution in [2.24, 2.45) is 0 Å². The summed E-state index contributed by atoms with van der Waals surface area (Å²) >= 11 is 1.29. The number of benzene rings is 2. The van der Waals surface area contributed by atoms with E-state index in [9.17, 15) is 14.9 Å². The molecule has 0 spiro atoms. The zero-order valence-corrected chi connectivity index (χ0v) is 16.1. The molecule has 0 radical (unpaired) electrons. The topological polar surface area (TPSA) is 77.1 Å². The molecular formula is C19H22N3O4S+. The Hall–Kier alpha value is -2.58. The average Bonchev–Trinajstić information content (AvgIpc) is 2.69. The Kier molecular flexibility index (Phi) is 5.98. The lowest BCUT2D eigenvalue weighted by atomic mass is 10.1. The molecule has 0 unspecified atom stereocenters. The van der Waals surface area contributed by atoms with Crippen LogP contribution in [0.5, 0.6) is 5.75 Å². The van der Waals surface area contributed by atoms with Gasteiger partial charge in [0.15, 0.2) is 0 Å². The first-order valence-corrected chi connectivity index (χ1v) is 9.50. The summed E-state index contributed by atoms with van der Waals surface area (Å²) in [6.45, 7) is 3.11. The van der Waals surface area contributed by atoms with Crippen LogP contribution in [0.3, 0.4) is 0 Å². The van der Waals surface area contributed by atoms with Crippen molar-refractivity contribution in [1.82, 2.24) is 4.90 Å². The highest BCUT2D eigenvalue weighted by molar-refractivity contribution is 7.99. The lowest BCUT2D eigenvalue weighted by Crippen LogP contribution is -3.12. The second-order valence-corrected chi connectivity index (χ2v) is 7.58. The van der Waals surface area contributed by atoms with E-state index in [1.807, 2.05) is 12.1 Å². The quantitative estimate of drug-likeness (QED) is 0.624. The van der Waals surface area contributed by atoms with Crippen molar-refractivity contribution in [1.29, 1.82) is 0 Å². The van der Waals surface area contributed by atoms with Crippen molar-refractivity contribution in [2.45, 2.75) is 9.79 Å². The van der Waals surface area contributed by atoms with Crippen LogP contribution in [-0.4, -0.2) is 56.1 Å². The molecule has 1 amide bonds. The number of ether oxygens (including phenoxy) is 1. The lowest BCUT2D eigenvalue weighted by molar-refractivity contribution is -0.883. The van der Waals surface area contributed by atoms with Gasteiger partial charge in [-0.3, -0.25) is 14.9 Å². The monoisotopic (exact) mass is 388 g/mol. The fourth-order valence-electron chi connectivity index (χ4n) is 2.92. The predicted octanol–water partition coefficient (Wildman–Crippen LogP) is 1.73. The van der Waals surface area contributed by atoms with Crippen LogP contribution in [-0.2, 0) is 0 Å². The molecule has 1 aliphatic heterocycles. The van der Waals surface area contributed by atoms with Crippen LogP contribution >= 0.6 is 11.8 Å². The molecule has 2 aromatic rings. The van der Waals surface area contributed by atoms with E-state index in [1.165, 1.54) is 22.7 Å². The minimum atomic E-state index is -0.434. The molecule has 2 aromatic carbocycles. The number of hydrogen-bond acceptors (Lipinski definition) is 5. The third-order valence-electron chi connectivity index (χ3n) is 4.59. The number of piperazine rings is 1.